The van der Waals surface area contributed by atoms with Gasteiger partial charge in [0.05, 0.1) is 28.0 Å². The Morgan fingerprint density at radius 1 is 1.10 bits per heavy atom. The number of rotatable bonds is 3. The fraction of sp³-hybridized carbons (Fsp3) is 0.429. The number of nitrogens with zero attached hydrogens (tertiary/aromatic N) is 3. The minimum atomic E-state index is -5.22. The Bertz CT molecular complexity index is 880. The lowest BCUT2D eigenvalue weighted by Gasteiger charge is -2.31. The van der Waals surface area contributed by atoms with E-state index in [1.54, 1.807) is 0 Å². The van der Waals surface area contributed by atoms with Crippen molar-refractivity contribution in [3.63, 3.8) is 0 Å². The van der Waals surface area contributed by atoms with Crippen molar-refractivity contribution in [1.29, 1.82) is 0 Å². The van der Waals surface area contributed by atoms with Crippen molar-refractivity contribution in [3.8, 4) is 0 Å². The number of Topliss-reactive ketones (excluding diaryl/α,β-unsaturated/α-hetero) is 1. The van der Waals surface area contributed by atoms with Crippen LogP contribution >= 0.6 is 11.3 Å². The molecule has 1 fully saturated rings. The number of thiophene rings is 1. The number of alkyl halides is 6. The third kappa shape index (κ3) is 4.34. The van der Waals surface area contributed by atoms with Crippen LogP contribution < -0.4 is 5.43 Å². The van der Waals surface area contributed by atoms with Crippen molar-refractivity contribution in [2.45, 2.75) is 18.5 Å². The fourth-order valence-electron chi connectivity index (χ4n) is 2.64. The van der Waals surface area contributed by atoms with E-state index in [2.05, 4.69) is 10.3 Å². The maximum absolute atomic E-state index is 12.6. The van der Waals surface area contributed by atoms with E-state index in [1.165, 1.54) is 15.8 Å². The molecule has 1 atom stereocenters. The number of hydroxylamine groups is 1. The summed E-state index contributed by atoms with van der Waals surface area (Å²) in [5.41, 5.74) is 2.32. The molecule has 1 aromatic heterocycles. The standard InChI is InChI=1S/C14H10F6N4O4S/c15-13(16,17)10(25)7-1-2-8(29-7)11(26)22-3-4-23-6-21-24(9(23)5-22)28-12(27)14(18,19)20/h1-2,6,9H,3-5H2/p+1. The number of piperazine rings is 1. The van der Waals surface area contributed by atoms with E-state index in [9.17, 15) is 40.7 Å². The summed E-state index contributed by atoms with van der Waals surface area (Å²) in [5, 5.41) is 0.530. The number of hydrazine groups is 1. The number of halogens is 6. The van der Waals surface area contributed by atoms with Crippen LogP contribution in [-0.4, -0.2) is 76.8 Å². The summed E-state index contributed by atoms with van der Waals surface area (Å²) in [4.78, 5) is 39.4. The Morgan fingerprint density at radius 2 is 1.76 bits per heavy atom. The summed E-state index contributed by atoms with van der Waals surface area (Å²) in [6.07, 6.45) is -10.0. The van der Waals surface area contributed by atoms with E-state index in [1.807, 2.05) is 0 Å². The summed E-state index contributed by atoms with van der Waals surface area (Å²) in [6.45, 7) is 0.0477. The van der Waals surface area contributed by atoms with Crippen molar-refractivity contribution < 1.29 is 50.1 Å². The van der Waals surface area contributed by atoms with Gasteiger partial charge in [-0.25, -0.2) is 9.37 Å². The SMILES string of the molecule is O=C(c1ccc(C(=O)C(F)(F)F)s1)N1CC[N+]2=CNN(OC(=O)C(F)(F)F)C2C1. The highest BCUT2D eigenvalue weighted by molar-refractivity contribution is 7.16. The van der Waals surface area contributed by atoms with Crippen LogP contribution in [-0.2, 0) is 9.63 Å². The van der Waals surface area contributed by atoms with Gasteiger partial charge in [-0.05, 0) is 12.1 Å². The van der Waals surface area contributed by atoms with Gasteiger partial charge in [-0.15, -0.1) is 11.3 Å². The maximum atomic E-state index is 12.6. The minimum absolute atomic E-state index is 0.106. The number of hydrogen-bond donors (Lipinski definition) is 1. The summed E-state index contributed by atoms with van der Waals surface area (Å²) < 4.78 is 76.1. The van der Waals surface area contributed by atoms with Gasteiger partial charge in [0.1, 0.15) is 6.54 Å². The lowest BCUT2D eigenvalue weighted by molar-refractivity contribution is -0.600. The number of ketones is 1. The van der Waals surface area contributed by atoms with Gasteiger partial charge in [0.25, 0.3) is 18.0 Å². The second-order valence-electron chi connectivity index (χ2n) is 5.92. The molecular formula is C14H11F6N4O4S+. The molecule has 1 amide bonds. The van der Waals surface area contributed by atoms with Crippen molar-refractivity contribution in [2.75, 3.05) is 19.6 Å². The monoisotopic (exact) mass is 445 g/mol. The van der Waals surface area contributed by atoms with Crippen molar-refractivity contribution in [3.05, 3.63) is 21.9 Å². The zero-order valence-corrected chi connectivity index (χ0v) is 14.9. The van der Waals surface area contributed by atoms with Gasteiger partial charge >= 0.3 is 18.3 Å². The van der Waals surface area contributed by atoms with Gasteiger partial charge in [0.15, 0.2) is 0 Å². The molecule has 0 aliphatic carbocycles. The molecule has 0 spiro atoms. The molecule has 3 rings (SSSR count). The quantitative estimate of drug-likeness (QED) is 0.427. The van der Waals surface area contributed by atoms with Gasteiger partial charge < -0.3 is 9.74 Å². The summed E-state index contributed by atoms with van der Waals surface area (Å²) in [7, 11) is 0. The van der Waals surface area contributed by atoms with Crippen LogP contribution in [0.15, 0.2) is 12.1 Å². The highest BCUT2D eigenvalue weighted by Gasteiger charge is 2.48. The van der Waals surface area contributed by atoms with Crippen LogP contribution in [0.2, 0.25) is 0 Å². The molecule has 0 bridgehead atoms. The predicted octanol–water partition coefficient (Wildman–Crippen LogP) is 1.16. The lowest BCUT2D eigenvalue weighted by Crippen LogP contribution is -2.56. The summed E-state index contributed by atoms with van der Waals surface area (Å²) in [5.74, 6) is -5.24. The highest BCUT2D eigenvalue weighted by atomic mass is 32.1. The maximum Gasteiger partial charge on any atom is 0.492 e. The van der Waals surface area contributed by atoms with Crippen molar-refractivity contribution in [1.82, 2.24) is 15.5 Å². The van der Waals surface area contributed by atoms with E-state index >= 15 is 0 Å². The van der Waals surface area contributed by atoms with Crippen molar-refractivity contribution in [2.24, 2.45) is 0 Å². The van der Waals surface area contributed by atoms with E-state index in [-0.39, 0.29) is 24.5 Å². The Morgan fingerprint density at radius 3 is 2.38 bits per heavy atom. The molecule has 2 aliphatic heterocycles. The third-order valence-electron chi connectivity index (χ3n) is 4.01. The number of amides is 1. The van der Waals surface area contributed by atoms with Crippen LogP contribution in [0.1, 0.15) is 19.3 Å². The predicted molar refractivity (Wildman–Crippen MR) is 82.7 cm³/mol. The fourth-order valence-corrected chi connectivity index (χ4v) is 3.57. The molecule has 0 radical (unpaired) electrons. The number of carbonyl (C=O) groups excluding carboxylic acids is 3. The van der Waals surface area contributed by atoms with E-state index in [0.717, 1.165) is 12.1 Å². The highest BCUT2D eigenvalue weighted by Crippen LogP contribution is 2.28. The molecule has 8 nitrogen and oxygen atoms in total. The van der Waals surface area contributed by atoms with Crippen molar-refractivity contribution >= 4 is 35.3 Å². The number of nitrogens with one attached hydrogen (secondary N) is 1. The molecule has 29 heavy (non-hydrogen) atoms. The normalized spacial score (nSPS) is 20.0. The average Bonchev–Trinajstić information content (AvgIpc) is 3.26. The van der Waals surface area contributed by atoms with E-state index < -0.39 is 41.1 Å². The molecule has 1 N–H and O–H groups in total. The minimum Gasteiger partial charge on any atom is -0.328 e. The Kier molecular flexibility index (Phi) is 5.29. The molecule has 3 heterocycles. The smallest absolute Gasteiger partial charge is 0.328 e. The van der Waals surface area contributed by atoms with Crippen LogP contribution in [0.5, 0.6) is 0 Å². The first-order chi connectivity index (χ1) is 13.4. The average molecular weight is 445 g/mol. The van der Waals surface area contributed by atoms with Gasteiger partial charge in [0.2, 0.25) is 6.17 Å². The molecule has 1 unspecified atom stereocenters. The number of hydrogen-bond acceptors (Lipinski definition) is 7. The molecule has 0 saturated carbocycles. The van der Waals surface area contributed by atoms with Gasteiger partial charge in [-0.1, -0.05) is 0 Å². The number of carbonyl (C=O) groups is 3. The van der Waals surface area contributed by atoms with Gasteiger partial charge in [0, 0.05) is 0 Å². The van der Waals surface area contributed by atoms with Gasteiger partial charge in [-0.3, -0.25) is 9.59 Å². The van der Waals surface area contributed by atoms with Gasteiger partial charge in [-0.2, -0.15) is 31.8 Å². The first-order valence-corrected chi connectivity index (χ1v) is 8.64. The second-order valence-corrected chi connectivity index (χ2v) is 7.00. The molecule has 1 saturated heterocycles. The number of fused-ring (bicyclic) bond motifs is 1. The largest absolute Gasteiger partial charge is 0.492 e. The lowest BCUT2D eigenvalue weighted by atomic mass is 10.2. The molecule has 1 aromatic rings. The summed E-state index contributed by atoms with van der Waals surface area (Å²) in [6, 6.07) is 1.95. The van der Waals surface area contributed by atoms with Crippen LogP contribution in [0, 0.1) is 0 Å². The molecule has 0 aromatic carbocycles. The Labute approximate surface area is 161 Å². The first kappa shape index (κ1) is 21.0. The van der Waals surface area contributed by atoms with Crippen LogP contribution in [0.4, 0.5) is 26.3 Å². The van der Waals surface area contributed by atoms with E-state index in [4.69, 9.17) is 0 Å². The Balaban J connectivity index is 1.69. The van der Waals surface area contributed by atoms with Crippen LogP contribution in [0.3, 0.4) is 0 Å². The third-order valence-corrected chi connectivity index (χ3v) is 5.09. The van der Waals surface area contributed by atoms with E-state index in [0.29, 0.717) is 16.5 Å². The Hall–Kier alpha value is -2.68. The zero-order chi connectivity index (χ0) is 21.6. The molecule has 2 aliphatic rings. The molecule has 15 heteroatoms. The first-order valence-electron chi connectivity index (χ1n) is 7.82. The van der Waals surface area contributed by atoms with Crippen LogP contribution in [0.25, 0.3) is 0 Å². The summed E-state index contributed by atoms with van der Waals surface area (Å²) >= 11 is 0.364. The second kappa shape index (κ2) is 7.29. The topological polar surface area (TPSA) is 82.0 Å². The molecular weight excluding hydrogens is 434 g/mol. The molecule has 158 valence electrons. The zero-order valence-electron chi connectivity index (χ0n) is 14.1.